The molecule has 0 aliphatic carbocycles. The number of fused-ring (bicyclic) bond motifs is 1. The van der Waals surface area contributed by atoms with E-state index < -0.39 is 6.03 Å². The first kappa shape index (κ1) is 12.2. The van der Waals surface area contributed by atoms with E-state index in [1.165, 1.54) is 0 Å². The third kappa shape index (κ3) is 2.60. The highest BCUT2D eigenvalue weighted by molar-refractivity contribution is 5.72. The smallest absolute Gasteiger partial charge is 0.315 e. The van der Waals surface area contributed by atoms with Crippen molar-refractivity contribution in [1.82, 2.24) is 14.9 Å². The molecule has 3 rings (SSSR count). The molecule has 1 saturated heterocycles. The molecular weight excluding hydrogens is 246 g/mol. The van der Waals surface area contributed by atoms with Gasteiger partial charge in [0.1, 0.15) is 0 Å². The Kier molecular flexibility index (Phi) is 3.20. The van der Waals surface area contributed by atoms with Crippen LogP contribution in [-0.2, 0) is 17.8 Å². The van der Waals surface area contributed by atoms with E-state index in [4.69, 9.17) is 10.5 Å². The zero-order valence-corrected chi connectivity index (χ0v) is 10.6. The van der Waals surface area contributed by atoms with Gasteiger partial charge >= 0.3 is 6.03 Å². The summed E-state index contributed by atoms with van der Waals surface area (Å²) < 4.78 is 5.53. The van der Waals surface area contributed by atoms with Gasteiger partial charge in [0, 0.05) is 24.9 Å². The molecule has 1 aromatic heterocycles. The molecule has 0 spiro atoms. The number of hydrogen-bond donors (Lipinski definition) is 2. The second-order valence-corrected chi connectivity index (χ2v) is 4.88. The van der Waals surface area contributed by atoms with Gasteiger partial charge in [0.2, 0.25) is 5.95 Å². The van der Waals surface area contributed by atoms with Crippen molar-refractivity contribution in [3.8, 4) is 0 Å². The standard InChI is InChI=1S/C12H17N5O2/c13-11(18)17-6-8-4-14-12(16-10(8)7-17)15-5-9-2-1-3-19-9/h4,9H,1-3,5-7H2,(H2,13,18)(H,14,15,16). The number of amides is 2. The lowest BCUT2D eigenvalue weighted by Crippen LogP contribution is -2.30. The lowest BCUT2D eigenvalue weighted by molar-refractivity contribution is 0.120. The summed E-state index contributed by atoms with van der Waals surface area (Å²) in [5, 5.41) is 3.18. The fraction of sp³-hybridized carbons (Fsp3) is 0.583. The van der Waals surface area contributed by atoms with E-state index in [1.54, 1.807) is 11.1 Å². The highest BCUT2D eigenvalue weighted by Gasteiger charge is 2.23. The minimum atomic E-state index is -0.424. The number of aromatic nitrogens is 2. The Morgan fingerprint density at radius 2 is 2.47 bits per heavy atom. The van der Waals surface area contributed by atoms with E-state index in [0.29, 0.717) is 19.0 Å². The van der Waals surface area contributed by atoms with Crippen LogP contribution in [0.1, 0.15) is 24.1 Å². The molecule has 7 heteroatoms. The average molecular weight is 263 g/mol. The molecule has 0 saturated carbocycles. The van der Waals surface area contributed by atoms with Crippen molar-refractivity contribution >= 4 is 12.0 Å². The van der Waals surface area contributed by atoms with Gasteiger partial charge in [-0.25, -0.2) is 14.8 Å². The van der Waals surface area contributed by atoms with Crippen LogP contribution in [0.15, 0.2) is 6.20 Å². The predicted octanol–water partition coefficient (Wildman–Crippen LogP) is 0.462. The molecule has 0 radical (unpaired) electrons. The SMILES string of the molecule is NC(=O)N1Cc2cnc(NCC3CCCO3)nc2C1. The van der Waals surface area contributed by atoms with Crippen LogP contribution in [0.2, 0.25) is 0 Å². The maximum atomic E-state index is 11.1. The Morgan fingerprint density at radius 3 is 3.21 bits per heavy atom. The number of hydrogen-bond acceptors (Lipinski definition) is 5. The summed E-state index contributed by atoms with van der Waals surface area (Å²) in [7, 11) is 0. The van der Waals surface area contributed by atoms with Crippen molar-refractivity contribution in [2.75, 3.05) is 18.5 Å². The maximum Gasteiger partial charge on any atom is 0.315 e. The second-order valence-electron chi connectivity index (χ2n) is 4.88. The molecule has 7 nitrogen and oxygen atoms in total. The topological polar surface area (TPSA) is 93.4 Å². The minimum absolute atomic E-state index is 0.249. The summed E-state index contributed by atoms with van der Waals surface area (Å²) in [4.78, 5) is 21.3. The third-order valence-corrected chi connectivity index (χ3v) is 3.48. The molecule has 1 fully saturated rings. The van der Waals surface area contributed by atoms with Gasteiger partial charge < -0.3 is 20.7 Å². The Hall–Kier alpha value is -1.89. The third-order valence-electron chi connectivity index (χ3n) is 3.48. The van der Waals surface area contributed by atoms with Crippen molar-refractivity contribution in [3.05, 3.63) is 17.5 Å². The summed E-state index contributed by atoms with van der Waals surface area (Å²) in [6.45, 7) is 2.52. The number of nitrogens with zero attached hydrogens (tertiary/aromatic N) is 3. The molecule has 0 bridgehead atoms. The van der Waals surface area contributed by atoms with E-state index in [2.05, 4.69) is 15.3 Å². The maximum absolute atomic E-state index is 11.1. The molecule has 1 aromatic rings. The van der Waals surface area contributed by atoms with Gasteiger partial charge in [-0.05, 0) is 12.8 Å². The zero-order chi connectivity index (χ0) is 13.2. The van der Waals surface area contributed by atoms with Crippen molar-refractivity contribution in [2.24, 2.45) is 5.73 Å². The molecule has 102 valence electrons. The Morgan fingerprint density at radius 1 is 1.58 bits per heavy atom. The quantitative estimate of drug-likeness (QED) is 0.826. The fourth-order valence-electron chi connectivity index (χ4n) is 2.40. The van der Waals surface area contributed by atoms with Gasteiger partial charge in [0.25, 0.3) is 0 Å². The van der Waals surface area contributed by atoms with Gasteiger partial charge in [0.05, 0.1) is 24.9 Å². The lowest BCUT2D eigenvalue weighted by Gasteiger charge is -2.11. The first-order valence-electron chi connectivity index (χ1n) is 6.47. The van der Waals surface area contributed by atoms with E-state index in [9.17, 15) is 4.79 Å². The van der Waals surface area contributed by atoms with Crippen LogP contribution in [0.5, 0.6) is 0 Å². The van der Waals surface area contributed by atoms with Crippen LogP contribution in [0.3, 0.4) is 0 Å². The molecule has 1 unspecified atom stereocenters. The van der Waals surface area contributed by atoms with Crippen LogP contribution in [0.25, 0.3) is 0 Å². The Labute approximate surface area is 111 Å². The number of carbonyl (C=O) groups is 1. The van der Waals surface area contributed by atoms with Gasteiger partial charge in [-0.15, -0.1) is 0 Å². The predicted molar refractivity (Wildman–Crippen MR) is 68.3 cm³/mol. The number of nitrogens with two attached hydrogens (primary N) is 1. The molecule has 2 aliphatic rings. The monoisotopic (exact) mass is 263 g/mol. The van der Waals surface area contributed by atoms with Crippen LogP contribution >= 0.6 is 0 Å². The van der Waals surface area contributed by atoms with Crippen molar-refractivity contribution in [1.29, 1.82) is 0 Å². The van der Waals surface area contributed by atoms with Gasteiger partial charge in [-0.1, -0.05) is 0 Å². The second kappa shape index (κ2) is 5.00. The number of primary amides is 1. The van der Waals surface area contributed by atoms with E-state index in [-0.39, 0.29) is 6.10 Å². The van der Waals surface area contributed by atoms with Gasteiger partial charge in [-0.2, -0.15) is 0 Å². The zero-order valence-electron chi connectivity index (χ0n) is 10.6. The number of anilines is 1. The van der Waals surface area contributed by atoms with Crippen LogP contribution in [-0.4, -0.2) is 40.2 Å². The number of ether oxygens (including phenoxy) is 1. The molecule has 2 amide bonds. The van der Waals surface area contributed by atoms with Crippen LogP contribution in [0.4, 0.5) is 10.7 Å². The van der Waals surface area contributed by atoms with Gasteiger partial charge in [0.15, 0.2) is 0 Å². The molecule has 0 aromatic carbocycles. The van der Waals surface area contributed by atoms with Crippen molar-refractivity contribution in [2.45, 2.75) is 32.0 Å². The summed E-state index contributed by atoms with van der Waals surface area (Å²) in [6, 6.07) is -0.424. The average Bonchev–Trinajstić information content (AvgIpc) is 3.04. The fourth-order valence-corrected chi connectivity index (χ4v) is 2.40. The summed E-state index contributed by atoms with van der Waals surface area (Å²) >= 11 is 0. The number of nitrogens with one attached hydrogen (secondary N) is 1. The van der Waals surface area contributed by atoms with Crippen molar-refractivity contribution < 1.29 is 9.53 Å². The summed E-state index contributed by atoms with van der Waals surface area (Å²) in [5.41, 5.74) is 7.09. The molecule has 2 aliphatic heterocycles. The van der Waals surface area contributed by atoms with Gasteiger partial charge in [-0.3, -0.25) is 0 Å². The summed E-state index contributed by atoms with van der Waals surface area (Å²) in [6.07, 6.45) is 4.19. The Balaban J connectivity index is 1.62. The highest BCUT2D eigenvalue weighted by atomic mass is 16.5. The van der Waals surface area contributed by atoms with Crippen LogP contribution in [0, 0.1) is 0 Å². The molecule has 1 atom stereocenters. The number of carbonyl (C=O) groups excluding carboxylic acids is 1. The lowest BCUT2D eigenvalue weighted by atomic mass is 10.2. The van der Waals surface area contributed by atoms with Crippen LogP contribution < -0.4 is 11.1 Å². The number of urea groups is 1. The van der Waals surface area contributed by atoms with E-state index in [1.807, 2.05) is 0 Å². The molecule has 19 heavy (non-hydrogen) atoms. The minimum Gasteiger partial charge on any atom is -0.376 e. The Bertz CT molecular complexity index is 487. The molecule has 3 heterocycles. The highest BCUT2D eigenvalue weighted by Crippen LogP contribution is 2.21. The first-order chi connectivity index (χ1) is 9.22. The van der Waals surface area contributed by atoms with E-state index in [0.717, 1.165) is 37.3 Å². The normalized spacial score (nSPS) is 21.5. The first-order valence-corrected chi connectivity index (χ1v) is 6.47. The molecular formula is C12H17N5O2. The van der Waals surface area contributed by atoms with E-state index >= 15 is 0 Å². The largest absolute Gasteiger partial charge is 0.376 e. The van der Waals surface area contributed by atoms with Crippen molar-refractivity contribution in [3.63, 3.8) is 0 Å². The molecule has 3 N–H and O–H groups in total. The summed E-state index contributed by atoms with van der Waals surface area (Å²) in [5.74, 6) is 0.584. The number of rotatable bonds is 3.